The summed E-state index contributed by atoms with van der Waals surface area (Å²) in [4.78, 5) is 6.66. The molecule has 24 heavy (non-hydrogen) atoms. The summed E-state index contributed by atoms with van der Waals surface area (Å²) < 4.78 is 10.7. The monoisotopic (exact) mass is 334 g/mol. The molecule has 1 aliphatic rings. The minimum absolute atomic E-state index is 0.384. The van der Waals surface area contributed by atoms with Gasteiger partial charge in [-0.05, 0) is 12.8 Å². The molecule has 1 fully saturated rings. The lowest BCUT2D eigenvalue weighted by atomic mass is 10.2. The van der Waals surface area contributed by atoms with E-state index in [1.54, 1.807) is 14.2 Å². The lowest BCUT2D eigenvalue weighted by Crippen LogP contribution is -2.44. The summed E-state index contributed by atoms with van der Waals surface area (Å²) >= 11 is 0. The van der Waals surface area contributed by atoms with Gasteiger partial charge >= 0.3 is 0 Å². The molecule has 1 unspecified atom stereocenters. The zero-order chi connectivity index (χ0) is 17.4. The smallest absolute Gasteiger partial charge is 0.191 e. The van der Waals surface area contributed by atoms with Gasteiger partial charge in [0, 0.05) is 56.6 Å². The van der Waals surface area contributed by atoms with Crippen LogP contribution in [0.2, 0.25) is 0 Å². The molecule has 0 bridgehead atoms. The number of benzene rings is 1. The first-order chi connectivity index (χ1) is 11.7. The van der Waals surface area contributed by atoms with E-state index >= 15 is 0 Å². The normalized spacial score (nSPS) is 17.8. The molecule has 1 saturated heterocycles. The number of hydrogen-bond donors (Lipinski definition) is 2. The van der Waals surface area contributed by atoms with E-state index in [1.807, 2.05) is 13.1 Å². The Bertz CT molecular complexity index is 526. The Morgan fingerprint density at radius 2 is 1.96 bits per heavy atom. The number of ether oxygens (including phenoxy) is 2. The first-order valence-electron chi connectivity index (χ1n) is 8.65. The fourth-order valence-electron chi connectivity index (χ4n) is 2.86. The van der Waals surface area contributed by atoms with E-state index in [-0.39, 0.29) is 0 Å². The second kappa shape index (κ2) is 9.25. The molecule has 0 amide bonds. The van der Waals surface area contributed by atoms with Gasteiger partial charge in [0.25, 0.3) is 0 Å². The maximum Gasteiger partial charge on any atom is 0.191 e. The molecule has 6 nitrogen and oxygen atoms in total. The fraction of sp³-hybridized carbons (Fsp3) is 0.611. The van der Waals surface area contributed by atoms with Crippen molar-refractivity contribution in [2.24, 2.45) is 4.99 Å². The maximum absolute atomic E-state index is 5.37. The lowest BCUT2D eigenvalue weighted by Gasteiger charge is -2.21. The highest BCUT2D eigenvalue weighted by Gasteiger charge is 2.24. The van der Waals surface area contributed by atoms with Gasteiger partial charge in [0.1, 0.15) is 11.5 Å². The van der Waals surface area contributed by atoms with E-state index in [2.05, 4.69) is 39.6 Å². The molecule has 1 atom stereocenters. The van der Waals surface area contributed by atoms with Crippen LogP contribution in [0.25, 0.3) is 0 Å². The highest BCUT2D eigenvalue weighted by Crippen LogP contribution is 2.30. The molecular weight excluding hydrogens is 304 g/mol. The van der Waals surface area contributed by atoms with Gasteiger partial charge in [-0.1, -0.05) is 13.3 Å². The van der Waals surface area contributed by atoms with E-state index in [4.69, 9.17) is 9.47 Å². The Labute approximate surface area is 145 Å². The fourth-order valence-corrected chi connectivity index (χ4v) is 2.86. The van der Waals surface area contributed by atoms with Crippen LogP contribution in [0.15, 0.2) is 23.2 Å². The first kappa shape index (κ1) is 18.2. The van der Waals surface area contributed by atoms with E-state index in [0.29, 0.717) is 6.04 Å². The number of anilines is 1. The van der Waals surface area contributed by atoms with Crippen LogP contribution in [-0.4, -0.2) is 52.9 Å². The molecule has 1 aromatic rings. The quantitative estimate of drug-likeness (QED) is 0.455. The van der Waals surface area contributed by atoms with Crippen molar-refractivity contribution in [3.8, 4) is 11.5 Å². The number of unbranched alkanes of at least 4 members (excludes halogenated alkanes) is 1. The summed E-state index contributed by atoms with van der Waals surface area (Å²) in [7, 11) is 5.18. The predicted octanol–water partition coefficient (Wildman–Crippen LogP) is 2.25. The summed E-state index contributed by atoms with van der Waals surface area (Å²) in [5.74, 6) is 2.52. The molecule has 6 heteroatoms. The van der Waals surface area contributed by atoms with Crippen LogP contribution in [0.1, 0.15) is 26.2 Å². The highest BCUT2D eigenvalue weighted by atomic mass is 16.5. The Balaban J connectivity index is 1.95. The van der Waals surface area contributed by atoms with Crippen LogP contribution in [-0.2, 0) is 0 Å². The van der Waals surface area contributed by atoms with Crippen LogP contribution >= 0.6 is 0 Å². The minimum Gasteiger partial charge on any atom is -0.497 e. The molecule has 2 N–H and O–H groups in total. The van der Waals surface area contributed by atoms with Gasteiger partial charge in [0.2, 0.25) is 0 Å². The molecule has 2 rings (SSSR count). The second-order valence-corrected chi connectivity index (χ2v) is 6.00. The Hall–Kier alpha value is -2.11. The van der Waals surface area contributed by atoms with Gasteiger partial charge in [0.15, 0.2) is 5.96 Å². The molecule has 134 valence electrons. The summed E-state index contributed by atoms with van der Waals surface area (Å²) in [6.07, 6.45) is 3.41. The molecule has 1 aromatic carbocycles. The molecule has 1 aliphatic heterocycles. The number of methoxy groups -OCH3 is 2. The van der Waals surface area contributed by atoms with Gasteiger partial charge in [-0.15, -0.1) is 0 Å². The van der Waals surface area contributed by atoms with Crippen molar-refractivity contribution in [3.63, 3.8) is 0 Å². The van der Waals surface area contributed by atoms with Gasteiger partial charge in [-0.25, -0.2) is 0 Å². The topological polar surface area (TPSA) is 58.1 Å². The molecule has 0 aliphatic carbocycles. The average Bonchev–Trinajstić information content (AvgIpc) is 3.09. The van der Waals surface area contributed by atoms with Crippen molar-refractivity contribution in [2.75, 3.05) is 45.8 Å². The zero-order valence-corrected chi connectivity index (χ0v) is 15.3. The molecule has 1 heterocycles. The van der Waals surface area contributed by atoms with Crippen LogP contribution in [0.4, 0.5) is 5.69 Å². The third kappa shape index (κ3) is 4.94. The van der Waals surface area contributed by atoms with E-state index < -0.39 is 0 Å². The van der Waals surface area contributed by atoms with Crippen LogP contribution in [0.5, 0.6) is 11.5 Å². The van der Waals surface area contributed by atoms with Crippen molar-refractivity contribution in [1.29, 1.82) is 0 Å². The van der Waals surface area contributed by atoms with E-state index in [0.717, 1.165) is 55.6 Å². The van der Waals surface area contributed by atoms with Crippen molar-refractivity contribution in [3.05, 3.63) is 18.2 Å². The number of guanidine groups is 1. The Morgan fingerprint density at radius 1 is 1.25 bits per heavy atom. The summed E-state index contributed by atoms with van der Waals surface area (Å²) in [6.45, 7) is 5.08. The maximum atomic E-state index is 5.37. The lowest BCUT2D eigenvalue weighted by molar-refractivity contribution is 0.394. The number of rotatable bonds is 7. The van der Waals surface area contributed by atoms with Gasteiger partial charge < -0.3 is 25.0 Å². The number of aliphatic imine (C=N–C) groups is 1. The minimum atomic E-state index is 0.384. The molecule has 0 spiro atoms. The Kier molecular flexibility index (Phi) is 7.03. The number of hydrogen-bond acceptors (Lipinski definition) is 4. The van der Waals surface area contributed by atoms with E-state index in [9.17, 15) is 0 Å². The largest absolute Gasteiger partial charge is 0.497 e. The standard InChI is InChI=1S/C18H30N4O2/c1-5-6-8-20-18(19-2)21-14-7-9-22(13-14)15-10-16(23-3)12-17(11-15)24-4/h10-12,14H,5-9,13H2,1-4H3,(H2,19,20,21). The molecule has 0 saturated carbocycles. The number of nitrogens with zero attached hydrogens (tertiary/aromatic N) is 2. The van der Waals surface area contributed by atoms with Crippen molar-refractivity contribution in [2.45, 2.75) is 32.2 Å². The number of nitrogens with one attached hydrogen (secondary N) is 2. The van der Waals surface area contributed by atoms with Crippen LogP contribution in [0.3, 0.4) is 0 Å². The molecule has 0 radical (unpaired) electrons. The highest BCUT2D eigenvalue weighted by molar-refractivity contribution is 5.80. The van der Waals surface area contributed by atoms with Gasteiger partial charge in [-0.3, -0.25) is 4.99 Å². The summed E-state index contributed by atoms with van der Waals surface area (Å²) in [5.41, 5.74) is 1.13. The third-order valence-corrected chi connectivity index (χ3v) is 4.28. The SMILES string of the molecule is CCCCNC(=NC)NC1CCN(c2cc(OC)cc(OC)c2)C1. The van der Waals surface area contributed by atoms with Gasteiger partial charge in [0.05, 0.1) is 14.2 Å². The average molecular weight is 334 g/mol. The van der Waals surface area contributed by atoms with E-state index in [1.165, 1.54) is 6.42 Å². The molecular formula is C18H30N4O2. The third-order valence-electron chi connectivity index (χ3n) is 4.28. The van der Waals surface area contributed by atoms with Crippen molar-refractivity contribution < 1.29 is 9.47 Å². The summed E-state index contributed by atoms with van der Waals surface area (Å²) in [6, 6.07) is 6.39. The van der Waals surface area contributed by atoms with Crippen LogP contribution < -0.4 is 25.0 Å². The summed E-state index contributed by atoms with van der Waals surface area (Å²) in [5, 5.41) is 6.88. The van der Waals surface area contributed by atoms with Crippen molar-refractivity contribution in [1.82, 2.24) is 10.6 Å². The Morgan fingerprint density at radius 3 is 2.54 bits per heavy atom. The van der Waals surface area contributed by atoms with Crippen LogP contribution in [0, 0.1) is 0 Å². The first-order valence-corrected chi connectivity index (χ1v) is 8.65. The molecule has 0 aromatic heterocycles. The predicted molar refractivity (Wildman–Crippen MR) is 99.6 cm³/mol. The van der Waals surface area contributed by atoms with Gasteiger partial charge in [-0.2, -0.15) is 0 Å². The van der Waals surface area contributed by atoms with Crippen molar-refractivity contribution >= 4 is 11.6 Å². The zero-order valence-electron chi connectivity index (χ0n) is 15.3. The second-order valence-electron chi connectivity index (χ2n) is 6.00.